The first-order valence-corrected chi connectivity index (χ1v) is 5.75. The maximum atomic E-state index is 13.2. The number of hydrogen-bond donors (Lipinski definition) is 1. The molecule has 1 atom stereocenters. The summed E-state index contributed by atoms with van der Waals surface area (Å²) in [4.78, 5) is 24.1. The van der Waals surface area contributed by atoms with E-state index in [9.17, 15) is 18.4 Å². The molecule has 2 rings (SSSR count). The molecule has 0 radical (unpaired) electrons. The van der Waals surface area contributed by atoms with Crippen molar-refractivity contribution in [3.8, 4) is 0 Å². The molecule has 106 valence electrons. The van der Waals surface area contributed by atoms with Gasteiger partial charge in [0.2, 0.25) is 0 Å². The van der Waals surface area contributed by atoms with Gasteiger partial charge in [0.1, 0.15) is 11.6 Å². The summed E-state index contributed by atoms with van der Waals surface area (Å²) in [5.41, 5.74) is 0.565. The average molecular weight is 282 g/mol. The molecule has 7 heteroatoms. The minimum absolute atomic E-state index is 0.250. The molecule has 1 aliphatic heterocycles. The van der Waals surface area contributed by atoms with Crippen molar-refractivity contribution in [2.45, 2.75) is 13.0 Å². The molecule has 0 bridgehead atoms. The number of carbonyl (C=O) groups is 2. The first-order chi connectivity index (χ1) is 9.42. The smallest absolute Gasteiger partial charge is 0.422 e. The number of amides is 3. The quantitative estimate of drug-likeness (QED) is 0.861. The van der Waals surface area contributed by atoms with Gasteiger partial charge in [0.25, 0.3) is 0 Å². The van der Waals surface area contributed by atoms with Crippen LogP contribution in [0.1, 0.15) is 18.5 Å². The average Bonchev–Trinajstić information content (AvgIpc) is 2.36. The number of ether oxygens (including phenoxy) is 1. The van der Waals surface area contributed by atoms with E-state index in [4.69, 9.17) is 0 Å². The fourth-order valence-corrected chi connectivity index (χ4v) is 1.97. The van der Waals surface area contributed by atoms with Gasteiger partial charge in [-0.15, -0.1) is 0 Å². The summed E-state index contributed by atoms with van der Waals surface area (Å²) in [5, 5.41) is 2.46. The predicted octanol–water partition coefficient (Wildman–Crippen LogP) is 2.70. The third kappa shape index (κ3) is 2.61. The highest BCUT2D eigenvalue weighted by molar-refractivity contribution is 5.94. The Balaban J connectivity index is 2.35. The number of carbonyl (C=O) groups excluding carboxylic acids is 2. The van der Waals surface area contributed by atoms with Gasteiger partial charge in [0.15, 0.2) is 0 Å². The lowest BCUT2D eigenvalue weighted by Gasteiger charge is -2.29. The number of benzene rings is 1. The van der Waals surface area contributed by atoms with Gasteiger partial charge in [-0.2, -0.15) is 0 Å². The second-order valence-corrected chi connectivity index (χ2v) is 4.24. The fraction of sp³-hybridized carbons (Fsp3) is 0.231. The van der Waals surface area contributed by atoms with Crippen molar-refractivity contribution in [2.75, 3.05) is 7.11 Å². The highest BCUT2D eigenvalue weighted by atomic mass is 19.1. The van der Waals surface area contributed by atoms with Crippen LogP contribution in [-0.2, 0) is 4.74 Å². The van der Waals surface area contributed by atoms with E-state index in [1.54, 1.807) is 0 Å². The molecule has 1 aromatic rings. The molecule has 0 aromatic heterocycles. The van der Waals surface area contributed by atoms with Crippen LogP contribution in [0.4, 0.5) is 18.4 Å². The zero-order valence-corrected chi connectivity index (χ0v) is 10.8. The maximum absolute atomic E-state index is 13.2. The minimum atomic E-state index is -0.833. The van der Waals surface area contributed by atoms with Crippen LogP contribution in [0, 0.1) is 11.6 Å². The monoisotopic (exact) mass is 282 g/mol. The van der Waals surface area contributed by atoms with Crippen molar-refractivity contribution < 1.29 is 23.1 Å². The number of nitrogens with one attached hydrogen (secondary N) is 1. The minimum Gasteiger partial charge on any atom is -0.452 e. The molecule has 0 saturated heterocycles. The molecule has 5 nitrogen and oxygen atoms in total. The van der Waals surface area contributed by atoms with Gasteiger partial charge in [-0.1, -0.05) is 0 Å². The van der Waals surface area contributed by atoms with E-state index in [1.165, 1.54) is 13.0 Å². The Morgan fingerprint density at radius 3 is 2.40 bits per heavy atom. The number of hydrogen-bond acceptors (Lipinski definition) is 3. The van der Waals surface area contributed by atoms with Gasteiger partial charge >= 0.3 is 12.1 Å². The van der Waals surface area contributed by atoms with Crippen LogP contribution in [-0.4, -0.2) is 24.1 Å². The zero-order chi connectivity index (χ0) is 14.9. The Morgan fingerprint density at radius 2 is 1.90 bits per heavy atom. The Kier molecular flexibility index (Phi) is 3.69. The highest BCUT2D eigenvalue weighted by Crippen LogP contribution is 2.24. The third-order valence-corrected chi connectivity index (χ3v) is 2.84. The van der Waals surface area contributed by atoms with Crippen LogP contribution in [0.15, 0.2) is 30.0 Å². The summed E-state index contributed by atoms with van der Waals surface area (Å²) in [7, 11) is 1.15. The van der Waals surface area contributed by atoms with E-state index in [2.05, 4.69) is 10.1 Å². The zero-order valence-electron chi connectivity index (χ0n) is 10.8. The molecule has 20 heavy (non-hydrogen) atoms. The molecule has 0 spiro atoms. The van der Waals surface area contributed by atoms with Gasteiger partial charge in [-0.25, -0.2) is 23.3 Å². The summed E-state index contributed by atoms with van der Waals surface area (Å²) >= 11 is 0. The predicted molar refractivity (Wildman–Crippen MR) is 65.6 cm³/mol. The Labute approximate surface area is 113 Å². The van der Waals surface area contributed by atoms with Gasteiger partial charge in [0, 0.05) is 11.8 Å². The summed E-state index contributed by atoms with van der Waals surface area (Å²) in [6.07, 6.45) is 0.673. The summed E-state index contributed by atoms with van der Waals surface area (Å²) in [5.74, 6) is -1.48. The fourth-order valence-electron chi connectivity index (χ4n) is 1.97. The van der Waals surface area contributed by atoms with Crippen LogP contribution in [0.25, 0.3) is 0 Å². The number of imide groups is 1. The Hall–Kier alpha value is -2.44. The lowest BCUT2D eigenvalue weighted by atomic mass is 10.0. The molecule has 1 heterocycles. The molecule has 1 N–H and O–H groups in total. The number of rotatable bonds is 1. The van der Waals surface area contributed by atoms with E-state index >= 15 is 0 Å². The van der Waals surface area contributed by atoms with Crippen LogP contribution < -0.4 is 5.32 Å². The number of urea groups is 1. The lowest BCUT2D eigenvalue weighted by Crippen LogP contribution is -2.47. The Morgan fingerprint density at radius 1 is 1.30 bits per heavy atom. The van der Waals surface area contributed by atoms with E-state index in [0.29, 0.717) is 5.70 Å². The van der Waals surface area contributed by atoms with Crippen molar-refractivity contribution in [2.24, 2.45) is 0 Å². The van der Waals surface area contributed by atoms with E-state index in [0.717, 1.165) is 30.2 Å². The molecule has 3 amide bonds. The van der Waals surface area contributed by atoms with E-state index in [-0.39, 0.29) is 5.56 Å². The number of halogens is 2. The third-order valence-electron chi connectivity index (χ3n) is 2.84. The lowest BCUT2D eigenvalue weighted by molar-refractivity contribution is 0.136. The van der Waals surface area contributed by atoms with Crippen LogP contribution in [0.3, 0.4) is 0 Å². The van der Waals surface area contributed by atoms with Crippen molar-refractivity contribution in [3.05, 3.63) is 47.2 Å². The van der Waals surface area contributed by atoms with Crippen molar-refractivity contribution in [1.82, 2.24) is 10.2 Å². The highest BCUT2D eigenvalue weighted by Gasteiger charge is 2.31. The van der Waals surface area contributed by atoms with Gasteiger partial charge in [-0.3, -0.25) is 0 Å². The SMILES string of the molecule is COC(=O)N1C(=O)NC(c2cc(F)cc(F)c2)C=C1C. The number of methoxy groups -OCH3 is 1. The molecule has 0 saturated carbocycles. The molecular formula is C13H12F2N2O3. The molecule has 1 aliphatic rings. The summed E-state index contributed by atoms with van der Waals surface area (Å²) in [6.45, 7) is 1.53. The topological polar surface area (TPSA) is 58.6 Å². The molecule has 1 aromatic carbocycles. The first-order valence-electron chi connectivity index (χ1n) is 5.75. The number of nitrogens with zero attached hydrogens (tertiary/aromatic N) is 1. The van der Waals surface area contributed by atoms with Gasteiger partial charge < -0.3 is 10.1 Å². The Bertz CT molecular complexity index is 581. The molecular weight excluding hydrogens is 270 g/mol. The molecule has 1 unspecified atom stereocenters. The van der Waals surface area contributed by atoms with E-state index < -0.39 is 29.8 Å². The van der Waals surface area contributed by atoms with Crippen LogP contribution in [0.2, 0.25) is 0 Å². The van der Waals surface area contributed by atoms with Crippen LogP contribution >= 0.6 is 0 Å². The standard InChI is InChI=1S/C13H12F2N2O3/c1-7-3-11(8-4-9(14)6-10(15)5-8)16-12(18)17(7)13(19)20-2/h3-6,11H,1-2H3,(H,16,18). The summed E-state index contributed by atoms with van der Waals surface area (Å²) < 4.78 is 30.8. The number of allylic oxidation sites excluding steroid dienone is 1. The van der Waals surface area contributed by atoms with Gasteiger partial charge in [-0.05, 0) is 30.7 Å². The summed E-state index contributed by atoms with van der Waals surface area (Å²) in [6, 6.07) is 1.54. The second-order valence-electron chi connectivity index (χ2n) is 4.24. The second kappa shape index (κ2) is 5.28. The molecule has 0 aliphatic carbocycles. The van der Waals surface area contributed by atoms with E-state index in [1.807, 2.05) is 0 Å². The van der Waals surface area contributed by atoms with Crippen LogP contribution in [0.5, 0.6) is 0 Å². The molecule has 0 fully saturated rings. The maximum Gasteiger partial charge on any atom is 0.422 e. The first kappa shape index (κ1) is 14.0. The van der Waals surface area contributed by atoms with Crippen molar-refractivity contribution in [3.63, 3.8) is 0 Å². The normalized spacial score (nSPS) is 18.4. The van der Waals surface area contributed by atoms with Crippen molar-refractivity contribution in [1.29, 1.82) is 0 Å². The van der Waals surface area contributed by atoms with Crippen molar-refractivity contribution >= 4 is 12.1 Å². The van der Waals surface area contributed by atoms with Gasteiger partial charge in [0.05, 0.1) is 13.2 Å². The largest absolute Gasteiger partial charge is 0.452 e.